The van der Waals surface area contributed by atoms with Crippen molar-refractivity contribution in [1.29, 1.82) is 0 Å². The third-order valence-electron chi connectivity index (χ3n) is 6.71. The van der Waals surface area contributed by atoms with Crippen LogP contribution in [0.15, 0.2) is 84.9 Å². The lowest BCUT2D eigenvalue weighted by atomic mass is 9.82. The topological polar surface area (TPSA) is 32.8 Å². The Balaban J connectivity index is 1.29. The average molecular weight is 477 g/mol. The molecule has 5 rings (SSSR count). The van der Waals surface area contributed by atoms with E-state index in [1.54, 1.807) is 35.2 Å². The Bertz CT molecular complexity index is 1230. The Kier molecular flexibility index (Phi) is 6.15. The van der Waals surface area contributed by atoms with Crippen LogP contribution in [-0.4, -0.2) is 28.9 Å². The summed E-state index contributed by atoms with van der Waals surface area (Å²) >= 11 is 5.96. The third kappa shape index (κ3) is 4.59. The van der Waals surface area contributed by atoms with Crippen molar-refractivity contribution < 1.29 is 13.9 Å². The number of hydrogen-bond donors (Lipinski definition) is 0. The number of ether oxygens (including phenoxy) is 1. The fourth-order valence-corrected chi connectivity index (χ4v) is 5.19. The minimum Gasteiger partial charge on any atom is -0.457 e. The van der Waals surface area contributed by atoms with E-state index in [1.165, 1.54) is 12.1 Å². The van der Waals surface area contributed by atoms with Crippen molar-refractivity contribution in [3.63, 3.8) is 0 Å². The van der Waals surface area contributed by atoms with Gasteiger partial charge in [0.15, 0.2) is 0 Å². The molecular weight excluding hydrogens is 451 g/mol. The Morgan fingerprint density at radius 3 is 2.62 bits per heavy atom. The number of carbonyl (C=O) groups excluding carboxylic acids is 1. The number of hydrogen-bond acceptors (Lipinski definition) is 3. The number of nitrogens with zero attached hydrogens (tertiary/aromatic N) is 2. The maximum Gasteiger partial charge on any atom is 0.251 e. The van der Waals surface area contributed by atoms with E-state index in [1.807, 2.05) is 30.3 Å². The van der Waals surface area contributed by atoms with Gasteiger partial charge < -0.3 is 4.74 Å². The summed E-state index contributed by atoms with van der Waals surface area (Å²) in [6.07, 6.45) is 5.21. The van der Waals surface area contributed by atoms with Gasteiger partial charge in [-0.3, -0.25) is 14.6 Å². The monoisotopic (exact) mass is 476 g/mol. The Morgan fingerprint density at radius 1 is 1.06 bits per heavy atom. The molecule has 1 saturated heterocycles. The van der Waals surface area contributed by atoms with Gasteiger partial charge >= 0.3 is 0 Å². The Morgan fingerprint density at radius 2 is 1.85 bits per heavy atom. The molecule has 6 heteroatoms. The lowest BCUT2D eigenvalue weighted by Gasteiger charge is -2.47. The molecule has 1 amide bonds. The molecule has 1 spiro atoms. The molecule has 174 valence electrons. The predicted molar refractivity (Wildman–Crippen MR) is 133 cm³/mol. The Labute approximate surface area is 204 Å². The van der Waals surface area contributed by atoms with Crippen LogP contribution in [0, 0.1) is 5.82 Å². The van der Waals surface area contributed by atoms with E-state index in [4.69, 9.17) is 16.3 Å². The SMILES string of the molecule is CC1CC2(C=CC(=O)N2c2cccc(F)c2)CCN1Cc1cccc(Oc2ccc(Cl)cc2)c1. The van der Waals surface area contributed by atoms with E-state index >= 15 is 0 Å². The quantitative estimate of drug-likeness (QED) is 0.416. The summed E-state index contributed by atoms with van der Waals surface area (Å²) in [6.45, 7) is 3.80. The van der Waals surface area contributed by atoms with Gasteiger partial charge in [-0.05, 0) is 79.9 Å². The summed E-state index contributed by atoms with van der Waals surface area (Å²) in [4.78, 5) is 16.9. The van der Waals surface area contributed by atoms with E-state index in [0.717, 1.165) is 43.0 Å². The number of benzene rings is 3. The van der Waals surface area contributed by atoms with Gasteiger partial charge in [-0.15, -0.1) is 0 Å². The molecule has 0 radical (unpaired) electrons. The molecule has 0 saturated carbocycles. The van der Waals surface area contributed by atoms with Crippen molar-refractivity contribution in [2.45, 2.75) is 37.9 Å². The highest BCUT2D eigenvalue weighted by Crippen LogP contribution is 2.41. The van der Waals surface area contributed by atoms with Crippen molar-refractivity contribution in [2.24, 2.45) is 0 Å². The van der Waals surface area contributed by atoms with Gasteiger partial charge in [0.2, 0.25) is 0 Å². The second kappa shape index (κ2) is 9.24. The van der Waals surface area contributed by atoms with Crippen molar-refractivity contribution >= 4 is 23.2 Å². The van der Waals surface area contributed by atoms with Gasteiger partial charge in [-0.25, -0.2) is 4.39 Å². The number of amides is 1. The molecule has 4 nitrogen and oxygen atoms in total. The van der Waals surface area contributed by atoms with Crippen LogP contribution >= 0.6 is 11.6 Å². The van der Waals surface area contributed by atoms with Crippen LogP contribution in [0.25, 0.3) is 0 Å². The van der Waals surface area contributed by atoms with Gasteiger partial charge in [0.05, 0.1) is 5.54 Å². The van der Waals surface area contributed by atoms with Gasteiger partial charge in [-0.1, -0.05) is 35.9 Å². The van der Waals surface area contributed by atoms with Crippen LogP contribution < -0.4 is 9.64 Å². The molecular formula is C28H26ClFN2O2. The van der Waals surface area contributed by atoms with Gasteiger partial charge in [0.1, 0.15) is 17.3 Å². The normalized spacial score (nSPS) is 22.5. The van der Waals surface area contributed by atoms with Gasteiger partial charge in [-0.2, -0.15) is 0 Å². The first-order valence-electron chi connectivity index (χ1n) is 11.5. The number of rotatable bonds is 5. The largest absolute Gasteiger partial charge is 0.457 e. The van der Waals surface area contributed by atoms with Crippen molar-refractivity contribution in [3.8, 4) is 11.5 Å². The van der Waals surface area contributed by atoms with Crippen LogP contribution in [0.1, 0.15) is 25.3 Å². The van der Waals surface area contributed by atoms with E-state index in [2.05, 4.69) is 24.0 Å². The highest BCUT2D eigenvalue weighted by molar-refractivity contribution is 6.30. The highest BCUT2D eigenvalue weighted by Gasteiger charge is 2.46. The molecule has 0 aliphatic carbocycles. The predicted octanol–water partition coefficient (Wildman–Crippen LogP) is 6.60. The number of anilines is 1. The number of piperidine rings is 1. The molecule has 3 aromatic carbocycles. The number of halogens is 2. The summed E-state index contributed by atoms with van der Waals surface area (Å²) in [5.74, 6) is 1.10. The maximum atomic E-state index is 13.9. The van der Waals surface area contributed by atoms with Crippen molar-refractivity contribution in [2.75, 3.05) is 11.4 Å². The van der Waals surface area contributed by atoms with Crippen LogP contribution in [0.4, 0.5) is 10.1 Å². The smallest absolute Gasteiger partial charge is 0.251 e. The van der Waals surface area contributed by atoms with Crippen LogP contribution in [0.3, 0.4) is 0 Å². The summed E-state index contributed by atoms with van der Waals surface area (Å²) in [6, 6.07) is 22.0. The van der Waals surface area contributed by atoms with E-state index < -0.39 is 5.54 Å². The van der Waals surface area contributed by atoms with E-state index in [0.29, 0.717) is 10.7 Å². The first kappa shape index (κ1) is 22.6. The lowest BCUT2D eigenvalue weighted by Crippen LogP contribution is -2.56. The molecule has 0 bridgehead atoms. The number of carbonyl (C=O) groups is 1. The minimum absolute atomic E-state index is 0.0849. The maximum absolute atomic E-state index is 13.9. The second-order valence-electron chi connectivity index (χ2n) is 9.07. The fraction of sp³-hybridized carbons (Fsp3) is 0.250. The molecule has 34 heavy (non-hydrogen) atoms. The van der Waals surface area contributed by atoms with Gasteiger partial charge in [0.25, 0.3) is 5.91 Å². The first-order valence-corrected chi connectivity index (χ1v) is 11.9. The summed E-state index contributed by atoms with van der Waals surface area (Å²) < 4.78 is 19.9. The van der Waals surface area contributed by atoms with Crippen LogP contribution in [0.5, 0.6) is 11.5 Å². The first-order chi connectivity index (χ1) is 16.4. The van der Waals surface area contributed by atoms with Crippen molar-refractivity contribution in [3.05, 3.63) is 101 Å². The molecule has 2 heterocycles. The third-order valence-corrected chi connectivity index (χ3v) is 6.96. The average Bonchev–Trinajstić information content (AvgIpc) is 3.13. The highest BCUT2D eigenvalue weighted by atomic mass is 35.5. The second-order valence-corrected chi connectivity index (χ2v) is 9.50. The summed E-state index contributed by atoms with van der Waals surface area (Å²) in [5.41, 5.74) is 1.36. The minimum atomic E-state index is -0.416. The molecule has 2 atom stereocenters. The fourth-order valence-electron chi connectivity index (χ4n) is 5.06. The van der Waals surface area contributed by atoms with Gasteiger partial charge in [0, 0.05) is 35.9 Å². The van der Waals surface area contributed by atoms with E-state index in [9.17, 15) is 9.18 Å². The molecule has 3 aromatic rings. The molecule has 2 unspecified atom stereocenters. The standard InChI is InChI=1S/C28H26ClFN2O2/c1-20-18-28(13-12-27(33)32(28)24-6-3-5-23(30)17-24)14-15-31(20)19-21-4-2-7-26(16-21)34-25-10-8-22(29)9-11-25/h2-13,16-17,20H,14-15,18-19H2,1H3. The molecule has 0 N–H and O–H groups in total. The van der Waals surface area contributed by atoms with Crippen LogP contribution in [-0.2, 0) is 11.3 Å². The lowest BCUT2D eigenvalue weighted by molar-refractivity contribution is -0.114. The zero-order chi connectivity index (χ0) is 23.7. The molecule has 2 aliphatic rings. The molecule has 1 fully saturated rings. The van der Waals surface area contributed by atoms with E-state index in [-0.39, 0.29) is 17.8 Å². The summed E-state index contributed by atoms with van der Waals surface area (Å²) in [7, 11) is 0. The van der Waals surface area contributed by atoms with Crippen LogP contribution in [0.2, 0.25) is 5.02 Å². The van der Waals surface area contributed by atoms with Crippen molar-refractivity contribution in [1.82, 2.24) is 4.90 Å². The Hall–Kier alpha value is -3.15. The summed E-state index contributed by atoms with van der Waals surface area (Å²) in [5, 5.41) is 0.674. The zero-order valence-corrected chi connectivity index (χ0v) is 19.7. The zero-order valence-electron chi connectivity index (χ0n) is 19.0. The number of likely N-dealkylation sites (tertiary alicyclic amines) is 1. The molecule has 2 aliphatic heterocycles. The molecule has 0 aromatic heterocycles.